The second kappa shape index (κ2) is 12.6. The van der Waals surface area contributed by atoms with E-state index >= 15 is 0 Å². The van der Waals surface area contributed by atoms with Crippen LogP contribution in [0.4, 0.5) is 11.6 Å². The lowest BCUT2D eigenvalue weighted by Gasteiger charge is -2.24. The maximum Gasteiger partial charge on any atom is 0.695 e. The van der Waals surface area contributed by atoms with Gasteiger partial charge in [-0.05, 0) is 6.07 Å². The van der Waals surface area contributed by atoms with Crippen LogP contribution < -0.4 is 16.6 Å². The number of hydrogen-bond donors (Lipinski definition) is 8. The van der Waals surface area contributed by atoms with Crippen LogP contribution in [0.3, 0.4) is 0 Å². The molecular weight excluding hydrogens is 660 g/mol. The first-order valence-electron chi connectivity index (χ1n) is 13.4. The number of ether oxygens (including phenoxy) is 2. The Morgan fingerprint density at radius 1 is 1.09 bits per heavy atom. The van der Waals surface area contributed by atoms with Crippen molar-refractivity contribution in [1.82, 2.24) is 34.1 Å². The third-order valence-corrected chi connectivity index (χ3v) is 8.81. The quantitative estimate of drug-likeness (QED) is 0.0809. The topological polar surface area (TPSA) is 314 Å². The number of aromatic amines is 1. The Labute approximate surface area is 257 Å². The molecule has 24 heteroatoms. The van der Waals surface area contributed by atoms with E-state index in [4.69, 9.17) is 28.8 Å². The number of nitrogens with two attached hydrogens (primary N) is 1. The Morgan fingerprint density at radius 3 is 2.48 bits per heavy atom. The molecule has 0 saturated carbocycles. The monoisotopic (exact) mass is 688 g/mol. The van der Waals surface area contributed by atoms with Crippen LogP contribution in [-0.4, -0.2) is 116 Å². The van der Waals surface area contributed by atoms with E-state index < -0.39 is 83.9 Å². The molecule has 2 aliphatic rings. The molecule has 6 heterocycles. The second-order valence-corrected chi connectivity index (χ2v) is 12.2. The summed E-state index contributed by atoms with van der Waals surface area (Å²) in [5.74, 6) is -0.273. The van der Waals surface area contributed by atoms with Gasteiger partial charge in [0.15, 0.2) is 35.4 Å². The largest absolute Gasteiger partial charge is 0.695 e. The van der Waals surface area contributed by atoms with Crippen molar-refractivity contribution < 1.29 is 57.3 Å². The van der Waals surface area contributed by atoms with Crippen LogP contribution in [0.5, 0.6) is 0 Å². The molecule has 0 bridgehead atoms. The molecule has 4 aromatic rings. The number of pyridine rings is 1. The van der Waals surface area contributed by atoms with E-state index in [0.717, 1.165) is 10.9 Å². The number of hydrogen-bond acceptors (Lipinski definition) is 17. The number of phosphoric acid groups is 1. The predicted octanol–water partition coefficient (Wildman–Crippen LogP) is -1.77. The van der Waals surface area contributed by atoms with E-state index in [1.54, 1.807) is 13.1 Å². The van der Waals surface area contributed by atoms with Crippen LogP contribution in [-0.2, 0) is 32.2 Å². The Morgan fingerprint density at radius 2 is 1.78 bits per heavy atom. The predicted molar refractivity (Wildman–Crippen MR) is 152 cm³/mol. The van der Waals surface area contributed by atoms with Gasteiger partial charge in [0, 0.05) is 17.8 Å². The smallest absolute Gasteiger partial charge is 0.394 e. The van der Waals surface area contributed by atoms with Crippen molar-refractivity contribution >= 4 is 50.0 Å². The normalized spacial score (nSPS) is 29.8. The molecule has 6 rings (SSSR count). The minimum absolute atomic E-state index is 0.111. The van der Waals surface area contributed by atoms with E-state index in [0.29, 0.717) is 11.2 Å². The molecule has 2 fully saturated rings. The lowest BCUT2D eigenvalue weighted by molar-refractivity contribution is -0.0609. The molecular formula is C22H28N9O13P2+. The first-order valence-corrected chi connectivity index (χ1v) is 16.0. The number of fused-ring (bicyclic) bond motifs is 2. The van der Waals surface area contributed by atoms with E-state index in [1.165, 1.54) is 17.1 Å². The van der Waals surface area contributed by atoms with Gasteiger partial charge in [0.1, 0.15) is 36.0 Å². The zero-order valence-electron chi connectivity index (χ0n) is 23.5. The zero-order chi connectivity index (χ0) is 32.9. The highest BCUT2D eigenvalue weighted by atomic mass is 31.2. The molecule has 0 aliphatic carbocycles. The van der Waals surface area contributed by atoms with Crippen LogP contribution >= 0.6 is 16.1 Å². The fourth-order valence-corrected chi connectivity index (χ4v) is 6.73. The molecule has 2 saturated heterocycles. The number of imidazole rings is 2. The van der Waals surface area contributed by atoms with Crippen LogP contribution in [0, 0.1) is 0 Å². The van der Waals surface area contributed by atoms with Gasteiger partial charge >= 0.3 is 16.1 Å². The van der Waals surface area contributed by atoms with Gasteiger partial charge in [-0.1, -0.05) is 0 Å². The van der Waals surface area contributed by atoms with Crippen molar-refractivity contribution in [3.63, 3.8) is 0 Å². The fourth-order valence-electron chi connectivity index (χ4n) is 5.33. The summed E-state index contributed by atoms with van der Waals surface area (Å²) in [4.78, 5) is 51.1. The van der Waals surface area contributed by atoms with Gasteiger partial charge in [-0.25, -0.2) is 19.5 Å². The summed E-state index contributed by atoms with van der Waals surface area (Å²) < 4.78 is 54.1. The number of rotatable bonds is 11. The van der Waals surface area contributed by atoms with E-state index in [-0.39, 0.29) is 22.8 Å². The minimum atomic E-state index is -5.16. The van der Waals surface area contributed by atoms with Crippen LogP contribution in [0.2, 0.25) is 0 Å². The highest BCUT2D eigenvalue weighted by molar-refractivity contribution is 7.47. The molecule has 4 aromatic heterocycles. The SMILES string of the molecule is CNc1ccnc2c1ncn2[C@@H]1O[C@H](COP(=O)(O)O[C@@H]2[C@H](O)[C@@H](CO)O[C@H]2n2cnc3c(=O)[nH]c(N)nc32)[C@@H](O[P+](=O)O)[C@H]1O. The van der Waals surface area contributed by atoms with Crippen molar-refractivity contribution in [2.24, 2.45) is 0 Å². The summed E-state index contributed by atoms with van der Waals surface area (Å²) in [5, 5.41) is 34.5. The minimum Gasteiger partial charge on any atom is -0.394 e. The van der Waals surface area contributed by atoms with E-state index in [1.807, 2.05) is 0 Å². The maximum atomic E-state index is 13.2. The standard InChI is InChI=1S/C22H27N9O13P2/c1-24-8-2-3-25-17-11(8)26-6-30(17)20-14(34)15(43-45(36)37)10(42-20)5-40-46(38,39)44-16-13(33)9(4-32)41-21(16)31-7-27-12-18(31)28-22(23)29-19(12)35/h2-3,6-7,9-10,13-16,20-21,32-34H,4-5H2,1H3,(H5-,23,24,25,28,29,35,36,37,38,39)/p+1/t9-,10-,13-,14-,15-,16-,20-,21-/m1/s1. The van der Waals surface area contributed by atoms with Crippen molar-refractivity contribution in [1.29, 1.82) is 0 Å². The number of aromatic nitrogens is 7. The number of nitrogens with zero attached hydrogens (tertiary/aromatic N) is 6. The molecule has 0 amide bonds. The van der Waals surface area contributed by atoms with Gasteiger partial charge in [0.25, 0.3) is 5.56 Å². The summed E-state index contributed by atoms with van der Waals surface area (Å²) in [7, 11) is -6.76. The van der Waals surface area contributed by atoms with E-state index in [9.17, 15) is 39.0 Å². The fraction of sp³-hybridized carbons (Fsp3) is 0.500. The average Bonchev–Trinajstić information content (AvgIpc) is 3.77. The van der Waals surface area contributed by atoms with Crippen LogP contribution in [0.25, 0.3) is 22.3 Å². The number of aliphatic hydroxyl groups is 3. The van der Waals surface area contributed by atoms with Gasteiger partial charge in [-0.2, -0.15) is 4.98 Å². The molecule has 2 unspecified atom stereocenters. The highest BCUT2D eigenvalue weighted by Crippen LogP contribution is 2.50. The summed E-state index contributed by atoms with van der Waals surface area (Å²) >= 11 is 0. The summed E-state index contributed by atoms with van der Waals surface area (Å²) in [6.45, 7) is -1.55. The Hall–Kier alpha value is -3.50. The van der Waals surface area contributed by atoms with Crippen LogP contribution in [0.1, 0.15) is 12.5 Å². The molecule has 0 aromatic carbocycles. The molecule has 0 radical (unpaired) electrons. The average molecular weight is 688 g/mol. The van der Waals surface area contributed by atoms with Crippen molar-refractivity contribution in [3.05, 3.63) is 35.3 Å². The Balaban J connectivity index is 1.22. The number of H-pyrrole nitrogens is 1. The second-order valence-electron chi connectivity index (χ2n) is 10.1. The lowest BCUT2D eigenvalue weighted by atomic mass is 10.1. The summed E-state index contributed by atoms with van der Waals surface area (Å²) in [5.41, 5.74) is 6.02. The maximum absolute atomic E-state index is 13.2. The Kier molecular flexibility index (Phi) is 8.89. The van der Waals surface area contributed by atoms with Gasteiger partial charge < -0.3 is 40.7 Å². The van der Waals surface area contributed by atoms with Gasteiger partial charge in [0.05, 0.1) is 31.6 Å². The van der Waals surface area contributed by atoms with Gasteiger partial charge in [-0.3, -0.25) is 28.0 Å². The molecule has 0 spiro atoms. The molecule has 10 atom stereocenters. The van der Waals surface area contributed by atoms with Gasteiger partial charge in [0.2, 0.25) is 5.95 Å². The molecule has 46 heavy (non-hydrogen) atoms. The molecule has 248 valence electrons. The van der Waals surface area contributed by atoms with Gasteiger partial charge in [-0.15, -0.1) is 9.42 Å². The number of nitrogens with one attached hydrogen (secondary N) is 2. The third kappa shape index (κ3) is 5.90. The number of anilines is 2. The number of aliphatic hydroxyl groups excluding tert-OH is 3. The summed E-state index contributed by atoms with van der Waals surface area (Å²) in [6.07, 6.45) is -8.08. The van der Waals surface area contributed by atoms with E-state index in [2.05, 4.69) is 30.2 Å². The third-order valence-electron chi connectivity index (χ3n) is 7.40. The lowest BCUT2D eigenvalue weighted by Crippen LogP contribution is -2.36. The zero-order valence-corrected chi connectivity index (χ0v) is 25.3. The number of nitrogen functional groups attached to an aromatic ring is 1. The molecule has 2 aliphatic heterocycles. The van der Waals surface area contributed by atoms with Crippen LogP contribution in [0.15, 0.2) is 29.7 Å². The first-order chi connectivity index (χ1) is 21.9. The van der Waals surface area contributed by atoms with Crippen molar-refractivity contribution in [2.45, 2.75) is 49.1 Å². The molecule has 22 nitrogen and oxygen atoms in total. The number of phosphoric ester groups is 1. The van der Waals surface area contributed by atoms with Crippen molar-refractivity contribution in [3.8, 4) is 0 Å². The first kappa shape index (κ1) is 32.4. The summed E-state index contributed by atoms with van der Waals surface area (Å²) in [6, 6.07) is 1.67. The highest BCUT2D eigenvalue weighted by Gasteiger charge is 2.53. The Bertz CT molecular complexity index is 1870. The van der Waals surface area contributed by atoms with Crippen molar-refractivity contribution in [2.75, 3.05) is 31.3 Å². The molecule has 9 N–H and O–H groups in total.